The summed E-state index contributed by atoms with van der Waals surface area (Å²) in [5.74, 6) is 0.146. The van der Waals surface area contributed by atoms with E-state index in [1.165, 1.54) is 0 Å². The van der Waals surface area contributed by atoms with Gasteiger partial charge in [-0.1, -0.05) is 12.1 Å². The highest BCUT2D eigenvalue weighted by Gasteiger charge is 2.24. The molecule has 34 heavy (non-hydrogen) atoms. The van der Waals surface area contributed by atoms with Crippen molar-refractivity contribution in [1.82, 2.24) is 10.2 Å². The molecule has 1 heterocycles. The normalized spacial score (nSPS) is 15.5. The van der Waals surface area contributed by atoms with Gasteiger partial charge < -0.3 is 19.5 Å². The zero-order valence-electron chi connectivity index (χ0n) is 19.8. The maximum absolute atomic E-state index is 12.5. The van der Waals surface area contributed by atoms with E-state index in [2.05, 4.69) is 14.9 Å². The highest BCUT2D eigenvalue weighted by molar-refractivity contribution is 7.93. The monoisotopic (exact) mass is 491 g/mol. The van der Waals surface area contributed by atoms with Gasteiger partial charge in [0.1, 0.15) is 17.3 Å². The molecule has 1 fully saturated rings. The number of hydrogen-bond acceptors (Lipinski definition) is 7. The van der Waals surface area contributed by atoms with Crippen molar-refractivity contribution in [2.45, 2.75) is 26.0 Å². The van der Waals surface area contributed by atoms with Crippen LogP contribution in [0.3, 0.4) is 0 Å². The third-order valence-electron chi connectivity index (χ3n) is 5.30. The van der Waals surface area contributed by atoms with Gasteiger partial charge in [0.05, 0.1) is 32.5 Å². The molecule has 2 aromatic carbocycles. The Hall–Kier alpha value is -2.82. The van der Waals surface area contributed by atoms with Crippen molar-refractivity contribution in [3.63, 3.8) is 0 Å². The van der Waals surface area contributed by atoms with Gasteiger partial charge in [0.25, 0.3) is 0 Å². The minimum Gasteiger partial charge on any atom is -0.497 e. The van der Waals surface area contributed by atoms with Crippen molar-refractivity contribution in [1.29, 1.82) is 0 Å². The van der Waals surface area contributed by atoms with E-state index in [1.54, 1.807) is 31.4 Å². The lowest BCUT2D eigenvalue weighted by Crippen LogP contribution is -2.44. The lowest BCUT2D eigenvalue weighted by atomic mass is 10.0. The molecule has 1 amide bonds. The second kappa shape index (κ2) is 12.0. The van der Waals surface area contributed by atoms with Gasteiger partial charge in [0.2, 0.25) is 15.9 Å². The Kier molecular flexibility index (Phi) is 9.14. The number of benzene rings is 2. The minimum atomic E-state index is -3.87. The van der Waals surface area contributed by atoms with Crippen LogP contribution in [0.2, 0.25) is 0 Å². The fourth-order valence-electron chi connectivity index (χ4n) is 3.70. The third-order valence-corrected chi connectivity index (χ3v) is 6.49. The Balaban J connectivity index is 1.59. The zero-order valence-corrected chi connectivity index (χ0v) is 20.6. The van der Waals surface area contributed by atoms with Crippen LogP contribution in [0.15, 0.2) is 48.5 Å². The summed E-state index contributed by atoms with van der Waals surface area (Å²) in [5.41, 5.74) is 1.38. The van der Waals surface area contributed by atoms with Crippen LogP contribution in [0.4, 0.5) is 5.69 Å². The number of nitrogens with zero attached hydrogens (tertiary/aromatic N) is 1. The molecule has 1 unspecified atom stereocenters. The van der Waals surface area contributed by atoms with Crippen LogP contribution in [0.1, 0.15) is 25.5 Å². The molecule has 1 aliphatic heterocycles. The molecule has 0 radical (unpaired) electrons. The van der Waals surface area contributed by atoms with Crippen LogP contribution >= 0.6 is 0 Å². The molecule has 0 spiro atoms. The summed E-state index contributed by atoms with van der Waals surface area (Å²) >= 11 is 0. The molecule has 1 aliphatic rings. The van der Waals surface area contributed by atoms with Gasteiger partial charge >= 0.3 is 0 Å². The van der Waals surface area contributed by atoms with E-state index in [-0.39, 0.29) is 18.7 Å². The Morgan fingerprint density at radius 2 is 1.65 bits per heavy atom. The largest absolute Gasteiger partial charge is 0.497 e. The predicted molar refractivity (Wildman–Crippen MR) is 131 cm³/mol. The number of rotatable bonds is 11. The summed E-state index contributed by atoms with van der Waals surface area (Å²) in [6.07, 6.45) is 0.0189. The number of amides is 1. The molecule has 0 aliphatic carbocycles. The first-order valence-electron chi connectivity index (χ1n) is 11.3. The molecule has 9 nitrogen and oxygen atoms in total. The molecular formula is C24H33N3O6S. The third kappa shape index (κ3) is 7.89. The van der Waals surface area contributed by atoms with Crippen LogP contribution in [-0.2, 0) is 19.6 Å². The van der Waals surface area contributed by atoms with E-state index in [1.807, 2.05) is 38.1 Å². The van der Waals surface area contributed by atoms with Crippen molar-refractivity contribution < 1.29 is 27.4 Å². The topological polar surface area (TPSA) is 106 Å². The quantitative estimate of drug-likeness (QED) is 0.497. The van der Waals surface area contributed by atoms with Gasteiger partial charge in [0.15, 0.2) is 0 Å². The fourth-order valence-corrected chi connectivity index (χ4v) is 4.71. The van der Waals surface area contributed by atoms with E-state index in [4.69, 9.17) is 14.2 Å². The van der Waals surface area contributed by atoms with Crippen molar-refractivity contribution >= 4 is 21.6 Å². The van der Waals surface area contributed by atoms with Crippen LogP contribution in [0.5, 0.6) is 11.5 Å². The Morgan fingerprint density at radius 3 is 2.24 bits per heavy atom. The van der Waals surface area contributed by atoms with E-state index in [0.29, 0.717) is 24.7 Å². The second-order valence-electron chi connectivity index (χ2n) is 8.29. The summed E-state index contributed by atoms with van der Waals surface area (Å²) in [7, 11) is -2.26. The number of anilines is 1. The van der Waals surface area contributed by atoms with Gasteiger partial charge in [-0.15, -0.1) is 0 Å². The van der Waals surface area contributed by atoms with Gasteiger partial charge in [-0.25, -0.2) is 8.42 Å². The van der Waals surface area contributed by atoms with E-state index in [9.17, 15) is 13.2 Å². The number of morpholine rings is 1. The maximum Gasteiger partial charge on any atom is 0.241 e. The lowest BCUT2D eigenvalue weighted by molar-refractivity contribution is -0.119. The molecule has 1 atom stereocenters. The van der Waals surface area contributed by atoms with Gasteiger partial charge in [-0.3, -0.25) is 14.4 Å². The van der Waals surface area contributed by atoms with Crippen LogP contribution in [-0.4, -0.2) is 71.0 Å². The highest BCUT2D eigenvalue weighted by atomic mass is 32.2. The second-order valence-corrected chi connectivity index (χ2v) is 10.0. The van der Waals surface area contributed by atoms with Crippen LogP contribution < -0.4 is 19.5 Å². The van der Waals surface area contributed by atoms with Crippen molar-refractivity contribution in [3.8, 4) is 11.5 Å². The molecule has 186 valence electrons. The molecule has 3 rings (SSSR count). The van der Waals surface area contributed by atoms with Crippen LogP contribution in [0, 0.1) is 0 Å². The first-order chi connectivity index (χ1) is 16.3. The van der Waals surface area contributed by atoms with Crippen molar-refractivity contribution in [3.05, 3.63) is 54.1 Å². The van der Waals surface area contributed by atoms with Gasteiger partial charge in [-0.2, -0.15) is 0 Å². The van der Waals surface area contributed by atoms with E-state index >= 15 is 0 Å². The average molecular weight is 492 g/mol. The molecule has 0 aromatic heterocycles. The standard InChI is InChI=1S/C24H33N3O6S/c1-18(2)33-22-10-6-20(7-11-22)26-34(29,30)17-24(28)25-16-23(27-12-14-32-15-13-27)19-4-8-21(31-3)9-5-19/h4-11,18,23,26H,12-17H2,1-3H3,(H,25,28). The number of ether oxygens (including phenoxy) is 3. The molecule has 0 bridgehead atoms. The SMILES string of the molecule is COc1ccc(C(CNC(=O)CS(=O)(=O)Nc2ccc(OC(C)C)cc2)N2CCOCC2)cc1. The highest BCUT2D eigenvalue weighted by Crippen LogP contribution is 2.24. The first kappa shape index (κ1) is 25.8. The first-order valence-corrected chi connectivity index (χ1v) is 12.9. The molecule has 2 N–H and O–H groups in total. The van der Waals surface area contributed by atoms with E-state index in [0.717, 1.165) is 24.4 Å². The summed E-state index contributed by atoms with van der Waals surface area (Å²) < 4.78 is 43.7. The Labute approximate surface area is 201 Å². The lowest BCUT2D eigenvalue weighted by Gasteiger charge is -2.35. The Bertz CT molecular complexity index is 1020. The van der Waals surface area contributed by atoms with Gasteiger partial charge in [-0.05, 0) is 55.8 Å². The maximum atomic E-state index is 12.5. The number of carbonyl (C=O) groups excluding carboxylic acids is 1. The molecule has 1 saturated heterocycles. The average Bonchev–Trinajstić information content (AvgIpc) is 2.81. The number of sulfonamides is 1. The smallest absolute Gasteiger partial charge is 0.241 e. The van der Waals surface area contributed by atoms with E-state index < -0.39 is 21.7 Å². The fraction of sp³-hybridized carbons (Fsp3) is 0.458. The number of carbonyl (C=O) groups is 1. The zero-order chi connectivity index (χ0) is 24.6. The summed E-state index contributed by atoms with van der Waals surface area (Å²) in [5, 5.41) is 2.79. The van der Waals surface area contributed by atoms with Crippen molar-refractivity contribution in [2.75, 3.05) is 50.4 Å². The summed E-state index contributed by atoms with van der Waals surface area (Å²) in [4.78, 5) is 14.8. The summed E-state index contributed by atoms with van der Waals surface area (Å²) in [6.45, 7) is 6.77. The number of nitrogens with one attached hydrogen (secondary N) is 2. The molecule has 10 heteroatoms. The van der Waals surface area contributed by atoms with Crippen LogP contribution in [0.25, 0.3) is 0 Å². The van der Waals surface area contributed by atoms with Gasteiger partial charge in [0, 0.05) is 25.3 Å². The number of methoxy groups -OCH3 is 1. The molecular weight excluding hydrogens is 458 g/mol. The molecule has 0 saturated carbocycles. The van der Waals surface area contributed by atoms with Crippen molar-refractivity contribution in [2.24, 2.45) is 0 Å². The molecule has 2 aromatic rings. The number of hydrogen-bond donors (Lipinski definition) is 2. The summed E-state index contributed by atoms with van der Waals surface area (Å²) in [6, 6.07) is 14.1. The minimum absolute atomic E-state index is 0.0189. The predicted octanol–water partition coefficient (Wildman–Crippen LogP) is 2.41. The Morgan fingerprint density at radius 1 is 1.03 bits per heavy atom.